The molecule has 0 aliphatic heterocycles. The number of para-hydroxylation sites is 1. The number of hydrogen-bond donors (Lipinski definition) is 1. The van der Waals surface area contributed by atoms with Crippen molar-refractivity contribution in [2.24, 2.45) is 0 Å². The van der Waals surface area contributed by atoms with Crippen LogP contribution in [-0.2, 0) is 0 Å². The summed E-state index contributed by atoms with van der Waals surface area (Å²) in [5.41, 5.74) is -1.01. The van der Waals surface area contributed by atoms with Crippen molar-refractivity contribution in [1.29, 1.82) is 0 Å². The van der Waals surface area contributed by atoms with Crippen molar-refractivity contribution in [1.82, 2.24) is 8.28 Å². The minimum absolute atomic E-state index is 0.0926. The molecule has 0 atom stereocenters. The summed E-state index contributed by atoms with van der Waals surface area (Å²) in [6.45, 7) is 0. The standard InChI is InChI=1S/C8H6N2O3.Al/c11-7-5-3-1-2-4-6(5)9-8(12)10(7)13;/h1-4,13H,(H,9,11,12);/q;+1/p-1. The van der Waals surface area contributed by atoms with Gasteiger partial charge in [-0.2, -0.15) is 0 Å². The third kappa shape index (κ3) is 1.09. The van der Waals surface area contributed by atoms with Crippen molar-refractivity contribution >= 4 is 27.4 Å². The Bertz CT molecular complexity index is 614. The summed E-state index contributed by atoms with van der Waals surface area (Å²) in [6, 6.07) is 6.55. The zero-order chi connectivity index (χ0) is 10.3. The lowest BCUT2D eigenvalue weighted by Crippen LogP contribution is -2.38. The Morgan fingerprint density at radius 2 is 1.86 bits per heavy atom. The highest BCUT2D eigenvalue weighted by molar-refractivity contribution is 6.10. The SMILES string of the molecule is O=c1c2ccccc2[n]([Al])c(=O)n1O. The third-order valence-electron chi connectivity index (χ3n) is 1.97. The average Bonchev–Trinajstić information content (AvgIpc) is 2.23. The predicted molar refractivity (Wildman–Crippen MR) is 50.8 cm³/mol. The van der Waals surface area contributed by atoms with E-state index >= 15 is 0 Å². The van der Waals surface area contributed by atoms with E-state index in [1.54, 1.807) is 24.3 Å². The van der Waals surface area contributed by atoms with Crippen LogP contribution in [0.25, 0.3) is 10.9 Å². The van der Waals surface area contributed by atoms with Crippen LogP contribution in [0, 0.1) is 0 Å². The zero-order valence-corrected chi connectivity index (χ0v) is 8.20. The van der Waals surface area contributed by atoms with Gasteiger partial charge >= 0.3 is 22.2 Å². The monoisotopic (exact) mass is 204 g/mol. The first-order chi connectivity index (χ1) is 6.63. The summed E-state index contributed by atoms with van der Waals surface area (Å²) < 4.78 is 1.23. The van der Waals surface area contributed by atoms with E-state index in [1.165, 1.54) is 0 Å². The van der Waals surface area contributed by atoms with Gasteiger partial charge in [0.05, 0.1) is 5.39 Å². The van der Waals surface area contributed by atoms with Crippen LogP contribution in [0.2, 0.25) is 0 Å². The lowest BCUT2D eigenvalue weighted by atomic mass is 10.2. The molecule has 1 aromatic heterocycles. The molecule has 0 fully saturated rings. The molecule has 0 unspecified atom stereocenters. The number of hydrogen-bond acceptors (Lipinski definition) is 3. The molecule has 0 saturated carbocycles. The van der Waals surface area contributed by atoms with Crippen molar-refractivity contribution in [3.05, 3.63) is 45.1 Å². The van der Waals surface area contributed by atoms with Crippen LogP contribution in [0.4, 0.5) is 0 Å². The molecule has 0 bridgehead atoms. The van der Waals surface area contributed by atoms with Gasteiger partial charge in [0.15, 0.2) is 0 Å². The van der Waals surface area contributed by atoms with Crippen molar-refractivity contribution in [2.75, 3.05) is 0 Å². The van der Waals surface area contributed by atoms with E-state index < -0.39 is 11.2 Å². The first-order valence-electron chi connectivity index (χ1n) is 3.84. The molecule has 0 aliphatic carbocycles. The number of rotatable bonds is 0. The van der Waals surface area contributed by atoms with E-state index in [-0.39, 0.29) is 4.73 Å². The van der Waals surface area contributed by atoms with E-state index in [0.717, 1.165) is 3.55 Å². The van der Waals surface area contributed by atoms with Gasteiger partial charge in [0.1, 0.15) is 0 Å². The van der Waals surface area contributed by atoms with Crippen LogP contribution in [0.15, 0.2) is 33.9 Å². The smallest absolute Gasteiger partial charge is 0.339 e. The Balaban J connectivity index is 3.19. The van der Waals surface area contributed by atoms with Gasteiger partial charge < -0.3 is 8.76 Å². The van der Waals surface area contributed by atoms with E-state index in [2.05, 4.69) is 16.5 Å². The molecule has 1 aromatic carbocycles. The molecule has 2 radical (unpaired) electrons. The fourth-order valence-electron chi connectivity index (χ4n) is 1.27. The van der Waals surface area contributed by atoms with Gasteiger partial charge in [-0.3, -0.25) is 4.79 Å². The largest absolute Gasteiger partial charge is 0.421 e. The average molecular weight is 204 g/mol. The van der Waals surface area contributed by atoms with Crippen LogP contribution in [-0.4, -0.2) is 30.0 Å². The highest BCUT2D eigenvalue weighted by Gasteiger charge is 2.06. The molecule has 0 saturated heterocycles. The van der Waals surface area contributed by atoms with Gasteiger partial charge in [-0.05, 0) is 12.1 Å². The van der Waals surface area contributed by atoms with Gasteiger partial charge in [-0.1, -0.05) is 16.9 Å². The maximum Gasteiger partial charge on any atom is 0.339 e. The van der Waals surface area contributed by atoms with E-state index in [1.807, 2.05) is 0 Å². The van der Waals surface area contributed by atoms with Crippen molar-refractivity contribution < 1.29 is 5.21 Å². The Hall–Kier alpha value is -1.51. The molecule has 68 valence electrons. The van der Waals surface area contributed by atoms with Crippen LogP contribution in [0.3, 0.4) is 0 Å². The molecular weight excluding hydrogens is 199 g/mol. The Labute approximate surface area is 86.4 Å². The lowest BCUT2D eigenvalue weighted by Gasteiger charge is -2.06. The van der Waals surface area contributed by atoms with Crippen LogP contribution in [0.5, 0.6) is 0 Å². The third-order valence-corrected chi connectivity index (χ3v) is 2.47. The van der Waals surface area contributed by atoms with Crippen LogP contribution < -0.4 is 11.2 Å². The Kier molecular flexibility index (Phi) is 1.95. The molecule has 0 aliphatic rings. The van der Waals surface area contributed by atoms with E-state index in [0.29, 0.717) is 10.9 Å². The normalized spacial score (nSPS) is 10.6. The molecule has 2 rings (SSSR count). The topological polar surface area (TPSA) is 64.2 Å². The predicted octanol–water partition coefficient (Wildman–Crippen LogP) is -0.668. The van der Waals surface area contributed by atoms with E-state index in [4.69, 9.17) is 5.21 Å². The molecule has 6 heteroatoms. The van der Waals surface area contributed by atoms with Gasteiger partial charge in [-0.15, -0.1) is 0 Å². The Morgan fingerprint density at radius 3 is 2.57 bits per heavy atom. The fourth-order valence-corrected chi connectivity index (χ4v) is 1.61. The maximum atomic E-state index is 11.4. The molecular formula is C8H5AlN2O3. The van der Waals surface area contributed by atoms with Gasteiger partial charge in [-0.25, -0.2) is 4.79 Å². The van der Waals surface area contributed by atoms with Crippen molar-refractivity contribution in [2.45, 2.75) is 0 Å². The first kappa shape index (κ1) is 9.06. The highest BCUT2D eigenvalue weighted by Crippen LogP contribution is 2.04. The highest BCUT2D eigenvalue weighted by atomic mass is 27.1. The molecule has 5 nitrogen and oxygen atoms in total. The maximum absolute atomic E-state index is 11.4. The number of aromatic nitrogens is 2. The van der Waals surface area contributed by atoms with Gasteiger partial charge in [0, 0.05) is 5.52 Å². The van der Waals surface area contributed by atoms with Gasteiger partial charge in [0.25, 0.3) is 5.56 Å². The molecule has 0 spiro atoms. The number of nitrogens with zero attached hydrogens (tertiary/aromatic N) is 2. The summed E-state index contributed by atoms with van der Waals surface area (Å²) in [5.74, 6) is 0. The molecule has 2 aromatic rings. The molecule has 1 N–H and O–H groups in total. The second-order valence-electron chi connectivity index (χ2n) is 2.79. The van der Waals surface area contributed by atoms with Gasteiger partial charge in [0.2, 0.25) is 0 Å². The first-order valence-corrected chi connectivity index (χ1v) is 4.35. The summed E-state index contributed by atoms with van der Waals surface area (Å²) in [4.78, 5) is 22.7. The summed E-state index contributed by atoms with van der Waals surface area (Å²) in [5, 5.41) is 9.44. The van der Waals surface area contributed by atoms with Crippen molar-refractivity contribution in [3.63, 3.8) is 0 Å². The lowest BCUT2D eigenvalue weighted by molar-refractivity contribution is 0.161. The molecule has 1 heterocycles. The summed E-state index contributed by atoms with van der Waals surface area (Å²) >= 11 is 2.14. The Morgan fingerprint density at radius 1 is 1.21 bits per heavy atom. The zero-order valence-electron chi connectivity index (χ0n) is 7.04. The summed E-state index contributed by atoms with van der Waals surface area (Å²) in [7, 11) is 0. The summed E-state index contributed by atoms with van der Waals surface area (Å²) in [6.07, 6.45) is 0. The van der Waals surface area contributed by atoms with Crippen molar-refractivity contribution in [3.8, 4) is 0 Å². The second kappa shape index (κ2) is 3.01. The minimum Gasteiger partial charge on any atom is -0.421 e. The molecule has 14 heavy (non-hydrogen) atoms. The minimum atomic E-state index is -0.779. The second-order valence-corrected chi connectivity index (χ2v) is 3.30. The van der Waals surface area contributed by atoms with E-state index in [9.17, 15) is 9.59 Å². The van der Waals surface area contributed by atoms with Crippen LogP contribution >= 0.6 is 0 Å². The fraction of sp³-hybridized carbons (Fsp3) is 0. The quantitative estimate of drug-likeness (QED) is 0.457. The molecule has 0 amide bonds. The number of fused-ring (bicyclic) bond motifs is 1. The number of benzene rings is 1. The van der Waals surface area contributed by atoms with Crippen LogP contribution in [0.1, 0.15) is 0 Å².